The molecule has 0 amide bonds. The molecule has 1 heterocycles. The van der Waals surface area contributed by atoms with Crippen molar-refractivity contribution in [3.8, 4) is 0 Å². The van der Waals surface area contributed by atoms with Crippen LogP contribution >= 0.6 is 0 Å². The maximum atomic E-state index is 11.1. The SMILES string of the molecule is NCC/C=C(/Cc1cn(C2CCCC2)cn1)C(=O)O. The Hall–Kier alpha value is -1.62. The highest BCUT2D eigenvalue weighted by atomic mass is 16.4. The molecule has 0 aromatic carbocycles. The highest BCUT2D eigenvalue weighted by molar-refractivity contribution is 5.86. The van der Waals surface area contributed by atoms with Crippen LogP contribution in [0.25, 0.3) is 0 Å². The van der Waals surface area contributed by atoms with E-state index in [4.69, 9.17) is 10.8 Å². The molecular weight excluding hydrogens is 242 g/mol. The molecule has 19 heavy (non-hydrogen) atoms. The van der Waals surface area contributed by atoms with E-state index in [0.717, 1.165) is 5.69 Å². The number of aliphatic carboxylic acids is 1. The summed E-state index contributed by atoms with van der Waals surface area (Å²) in [6.45, 7) is 0.466. The Morgan fingerprint density at radius 3 is 2.89 bits per heavy atom. The maximum absolute atomic E-state index is 11.1. The molecule has 1 aromatic heterocycles. The van der Waals surface area contributed by atoms with Gasteiger partial charge in [-0.3, -0.25) is 0 Å². The van der Waals surface area contributed by atoms with E-state index in [9.17, 15) is 4.79 Å². The van der Waals surface area contributed by atoms with Crippen molar-refractivity contribution < 1.29 is 9.90 Å². The molecule has 0 aliphatic heterocycles. The summed E-state index contributed by atoms with van der Waals surface area (Å²) >= 11 is 0. The van der Waals surface area contributed by atoms with Crippen molar-refractivity contribution in [1.82, 2.24) is 9.55 Å². The van der Waals surface area contributed by atoms with Gasteiger partial charge in [0.15, 0.2) is 0 Å². The van der Waals surface area contributed by atoms with Gasteiger partial charge in [-0.1, -0.05) is 18.9 Å². The molecule has 0 unspecified atom stereocenters. The Kier molecular flexibility index (Phi) is 4.74. The van der Waals surface area contributed by atoms with Gasteiger partial charge in [0, 0.05) is 24.2 Å². The van der Waals surface area contributed by atoms with Gasteiger partial charge >= 0.3 is 5.97 Å². The van der Waals surface area contributed by atoms with Crippen LogP contribution in [0.5, 0.6) is 0 Å². The largest absolute Gasteiger partial charge is 0.478 e. The summed E-state index contributed by atoms with van der Waals surface area (Å²) in [5.41, 5.74) is 6.59. The van der Waals surface area contributed by atoms with Crippen LogP contribution in [0, 0.1) is 0 Å². The van der Waals surface area contributed by atoms with Crippen molar-refractivity contribution in [3.05, 3.63) is 29.9 Å². The van der Waals surface area contributed by atoms with Gasteiger partial charge in [-0.15, -0.1) is 0 Å². The number of hydrogen-bond donors (Lipinski definition) is 2. The molecule has 0 radical (unpaired) electrons. The van der Waals surface area contributed by atoms with Gasteiger partial charge in [-0.25, -0.2) is 9.78 Å². The van der Waals surface area contributed by atoms with E-state index in [0.29, 0.717) is 31.0 Å². The number of nitrogens with two attached hydrogens (primary N) is 1. The van der Waals surface area contributed by atoms with Crippen molar-refractivity contribution in [2.75, 3.05) is 6.54 Å². The summed E-state index contributed by atoms with van der Waals surface area (Å²) in [5, 5.41) is 9.14. The Balaban J connectivity index is 2.03. The fourth-order valence-corrected chi connectivity index (χ4v) is 2.56. The van der Waals surface area contributed by atoms with E-state index in [1.807, 2.05) is 12.5 Å². The molecule has 5 heteroatoms. The molecule has 1 aromatic rings. The third-order valence-corrected chi connectivity index (χ3v) is 3.60. The molecule has 0 saturated heterocycles. The van der Waals surface area contributed by atoms with Crippen LogP contribution in [0.2, 0.25) is 0 Å². The van der Waals surface area contributed by atoms with Gasteiger partial charge in [0.05, 0.1) is 12.0 Å². The van der Waals surface area contributed by atoms with E-state index in [-0.39, 0.29) is 0 Å². The molecule has 1 fully saturated rings. The van der Waals surface area contributed by atoms with Gasteiger partial charge < -0.3 is 15.4 Å². The van der Waals surface area contributed by atoms with Crippen molar-refractivity contribution in [3.63, 3.8) is 0 Å². The second-order valence-electron chi connectivity index (χ2n) is 5.04. The van der Waals surface area contributed by atoms with E-state index < -0.39 is 5.97 Å². The zero-order valence-corrected chi connectivity index (χ0v) is 11.1. The lowest BCUT2D eigenvalue weighted by molar-refractivity contribution is -0.132. The summed E-state index contributed by atoms with van der Waals surface area (Å²) in [7, 11) is 0. The lowest BCUT2D eigenvalue weighted by Gasteiger charge is -2.09. The molecule has 2 rings (SSSR count). The summed E-state index contributed by atoms with van der Waals surface area (Å²) in [6.07, 6.45) is 11.4. The van der Waals surface area contributed by atoms with Crippen molar-refractivity contribution in [1.29, 1.82) is 0 Å². The molecule has 104 valence electrons. The Morgan fingerprint density at radius 2 is 2.26 bits per heavy atom. The molecule has 1 aliphatic carbocycles. The third kappa shape index (κ3) is 3.67. The fourth-order valence-electron chi connectivity index (χ4n) is 2.56. The second-order valence-corrected chi connectivity index (χ2v) is 5.04. The first-order valence-corrected chi connectivity index (χ1v) is 6.85. The number of carboxylic acids is 1. The van der Waals surface area contributed by atoms with Crippen LogP contribution in [0.1, 0.15) is 43.8 Å². The summed E-state index contributed by atoms with van der Waals surface area (Å²) < 4.78 is 2.13. The highest BCUT2D eigenvalue weighted by Crippen LogP contribution is 2.29. The minimum absolute atomic E-state index is 0.370. The van der Waals surface area contributed by atoms with Gasteiger partial charge in [-0.05, 0) is 25.8 Å². The molecule has 0 spiro atoms. The predicted octanol–water partition coefficient (Wildman–Crippen LogP) is 1.90. The molecule has 3 N–H and O–H groups in total. The van der Waals surface area contributed by atoms with Crippen LogP contribution < -0.4 is 5.73 Å². The average molecular weight is 263 g/mol. The monoisotopic (exact) mass is 263 g/mol. The first-order chi connectivity index (χ1) is 9.20. The first-order valence-electron chi connectivity index (χ1n) is 6.85. The molecule has 1 aliphatic rings. The zero-order chi connectivity index (χ0) is 13.7. The molecular formula is C14H21N3O2. The summed E-state index contributed by atoms with van der Waals surface area (Å²) in [4.78, 5) is 15.4. The van der Waals surface area contributed by atoms with Crippen molar-refractivity contribution >= 4 is 5.97 Å². The summed E-state index contributed by atoms with van der Waals surface area (Å²) in [5.74, 6) is -0.885. The van der Waals surface area contributed by atoms with Crippen molar-refractivity contribution in [2.24, 2.45) is 5.73 Å². The van der Waals surface area contributed by atoms with Gasteiger partial charge in [-0.2, -0.15) is 0 Å². The van der Waals surface area contributed by atoms with Crippen LogP contribution in [0.15, 0.2) is 24.2 Å². The third-order valence-electron chi connectivity index (χ3n) is 3.60. The van der Waals surface area contributed by atoms with E-state index in [2.05, 4.69) is 9.55 Å². The van der Waals surface area contributed by atoms with Crippen LogP contribution in [-0.2, 0) is 11.2 Å². The molecule has 0 bridgehead atoms. The minimum atomic E-state index is -0.885. The van der Waals surface area contributed by atoms with E-state index in [1.165, 1.54) is 25.7 Å². The summed E-state index contributed by atoms with van der Waals surface area (Å²) in [6, 6.07) is 0.544. The number of hydrogen-bond acceptors (Lipinski definition) is 3. The van der Waals surface area contributed by atoms with Gasteiger partial charge in [0.2, 0.25) is 0 Å². The quantitative estimate of drug-likeness (QED) is 0.768. The van der Waals surface area contributed by atoms with E-state index >= 15 is 0 Å². The lowest BCUT2D eigenvalue weighted by atomic mass is 10.1. The van der Waals surface area contributed by atoms with Crippen LogP contribution in [0.4, 0.5) is 0 Å². The second kappa shape index (κ2) is 6.52. The predicted molar refractivity (Wildman–Crippen MR) is 72.8 cm³/mol. The van der Waals surface area contributed by atoms with Crippen LogP contribution in [-0.4, -0.2) is 27.2 Å². The molecule has 0 atom stereocenters. The zero-order valence-electron chi connectivity index (χ0n) is 11.1. The standard InChI is InChI=1S/C14H21N3O2/c15-7-3-4-11(14(18)19)8-12-9-17(10-16-12)13-5-1-2-6-13/h4,9-10,13H,1-3,5-8,15H2,(H,18,19)/b11-4-. The maximum Gasteiger partial charge on any atom is 0.331 e. The number of rotatable bonds is 6. The number of carbonyl (C=O) groups is 1. The average Bonchev–Trinajstić information content (AvgIpc) is 3.04. The number of aromatic nitrogens is 2. The lowest BCUT2D eigenvalue weighted by Crippen LogP contribution is -2.06. The van der Waals surface area contributed by atoms with E-state index in [1.54, 1.807) is 6.08 Å². The Morgan fingerprint density at radius 1 is 1.53 bits per heavy atom. The van der Waals surface area contributed by atoms with Gasteiger partial charge in [0.25, 0.3) is 0 Å². The smallest absolute Gasteiger partial charge is 0.331 e. The number of nitrogens with zero attached hydrogens (tertiary/aromatic N) is 2. The van der Waals surface area contributed by atoms with Gasteiger partial charge in [0.1, 0.15) is 0 Å². The normalized spacial score (nSPS) is 17.0. The molecule has 5 nitrogen and oxygen atoms in total. The molecule has 1 saturated carbocycles. The fraction of sp³-hybridized carbons (Fsp3) is 0.571. The minimum Gasteiger partial charge on any atom is -0.478 e. The highest BCUT2D eigenvalue weighted by Gasteiger charge is 2.17. The number of imidazole rings is 1. The first kappa shape index (κ1) is 13.8. The van der Waals surface area contributed by atoms with Crippen molar-refractivity contribution in [2.45, 2.75) is 44.6 Å². The number of carboxylic acid groups (broad SMARTS) is 1. The Labute approximate surface area is 113 Å². The Bertz CT molecular complexity index is 459. The topological polar surface area (TPSA) is 81.1 Å². The van der Waals surface area contributed by atoms with Crippen LogP contribution in [0.3, 0.4) is 0 Å².